The van der Waals surface area contributed by atoms with Crippen LogP contribution in [-0.2, 0) is 0 Å². The number of anilines is 3. The van der Waals surface area contributed by atoms with Crippen LogP contribution in [0.1, 0.15) is 5.56 Å². The maximum absolute atomic E-state index is 6.93. The van der Waals surface area contributed by atoms with E-state index in [-0.39, 0.29) is 0 Å². The molecule has 0 aliphatic rings. The molecule has 8 aromatic carbocycles. The summed E-state index contributed by atoms with van der Waals surface area (Å²) in [5, 5.41) is 4.68. The zero-order chi connectivity index (χ0) is 34.6. The standard InChI is InChI=1S/C49H34N2O/c1-33-30-44-43-29-28-40(32-48(43)52-49(44)47(31-33)51-45-18-10-8-16-41(45)42-17-9-11-19-46(42)51)50(38-24-20-36(21-25-38)34-12-4-2-5-13-34)39-26-22-37(23-27-39)35-14-6-3-7-15-35/h2-32H,1H3. The fourth-order valence-electron chi connectivity index (χ4n) is 7.79. The summed E-state index contributed by atoms with van der Waals surface area (Å²) < 4.78 is 9.29. The van der Waals surface area contributed by atoms with Crippen molar-refractivity contribution in [2.45, 2.75) is 6.92 Å². The van der Waals surface area contributed by atoms with E-state index in [0.29, 0.717) is 0 Å². The Bertz CT molecular complexity index is 2750. The fraction of sp³-hybridized carbons (Fsp3) is 0.0204. The molecule has 0 unspecified atom stereocenters. The van der Waals surface area contributed by atoms with Gasteiger partial charge in [0.1, 0.15) is 5.58 Å². The van der Waals surface area contributed by atoms with Crippen molar-refractivity contribution in [1.29, 1.82) is 0 Å². The molecule has 0 saturated carbocycles. The normalized spacial score (nSPS) is 11.6. The number of para-hydroxylation sites is 2. The average molecular weight is 667 g/mol. The molecule has 10 rings (SSSR count). The second-order valence-corrected chi connectivity index (χ2v) is 13.5. The zero-order valence-corrected chi connectivity index (χ0v) is 28.7. The molecule has 2 heterocycles. The lowest BCUT2D eigenvalue weighted by Gasteiger charge is -2.26. The van der Waals surface area contributed by atoms with Gasteiger partial charge in [0.15, 0.2) is 5.58 Å². The van der Waals surface area contributed by atoms with Crippen LogP contribution in [-0.4, -0.2) is 4.57 Å². The molecule has 10 aromatic rings. The third-order valence-corrected chi connectivity index (χ3v) is 10.2. The van der Waals surface area contributed by atoms with Crippen molar-refractivity contribution in [1.82, 2.24) is 4.57 Å². The summed E-state index contributed by atoms with van der Waals surface area (Å²) in [4.78, 5) is 2.31. The Morgan fingerprint density at radius 1 is 0.404 bits per heavy atom. The summed E-state index contributed by atoms with van der Waals surface area (Å²) in [5.41, 5.74) is 14.3. The van der Waals surface area contributed by atoms with Gasteiger partial charge in [-0.1, -0.05) is 121 Å². The van der Waals surface area contributed by atoms with E-state index in [9.17, 15) is 0 Å². The van der Waals surface area contributed by atoms with Crippen molar-refractivity contribution in [2.75, 3.05) is 4.90 Å². The Hall–Kier alpha value is -6.84. The van der Waals surface area contributed by atoms with Crippen LogP contribution < -0.4 is 4.90 Å². The van der Waals surface area contributed by atoms with Crippen LogP contribution in [0.2, 0.25) is 0 Å². The van der Waals surface area contributed by atoms with Gasteiger partial charge in [-0.3, -0.25) is 0 Å². The van der Waals surface area contributed by atoms with E-state index in [1.54, 1.807) is 0 Å². The summed E-state index contributed by atoms with van der Waals surface area (Å²) in [6, 6.07) is 67.1. The first-order chi connectivity index (χ1) is 25.7. The molecule has 0 aliphatic carbocycles. The molecular formula is C49H34N2O. The zero-order valence-electron chi connectivity index (χ0n) is 28.7. The Morgan fingerprint density at radius 3 is 1.44 bits per heavy atom. The number of nitrogens with zero attached hydrogens (tertiary/aromatic N) is 2. The Labute approximate surface area is 302 Å². The molecule has 0 aliphatic heterocycles. The minimum atomic E-state index is 0.854. The molecule has 0 amide bonds. The number of aromatic nitrogens is 1. The first-order valence-electron chi connectivity index (χ1n) is 17.8. The molecule has 52 heavy (non-hydrogen) atoms. The van der Waals surface area contributed by atoms with Gasteiger partial charge in [-0.05, 0) is 95.4 Å². The largest absolute Gasteiger partial charge is 0.454 e. The van der Waals surface area contributed by atoms with Gasteiger partial charge in [0.2, 0.25) is 0 Å². The first kappa shape index (κ1) is 30.0. The lowest BCUT2D eigenvalue weighted by Crippen LogP contribution is -2.09. The Balaban J connectivity index is 1.14. The van der Waals surface area contributed by atoms with Crippen molar-refractivity contribution < 1.29 is 4.42 Å². The number of furan rings is 1. The van der Waals surface area contributed by atoms with Crippen LogP contribution in [0.15, 0.2) is 192 Å². The molecule has 0 bridgehead atoms. The topological polar surface area (TPSA) is 21.3 Å². The van der Waals surface area contributed by atoms with E-state index < -0.39 is 0 Å². The van der Waals surface area contributed by atoms with E-state index in [4.69, 9.17) is 4.42 Å². The second kappa shape index (κ2) is 12.2. The maximum Gasteiger partial charge on any atom is 0.159 e. The summed E-state index contributed by atoms with van der Waals surface area (Å²) in [6.45, 7) is 2.17. The number of benzene rings is 8. The highest BCUT2D eigenvalue weighted by Gasteiger charge is 2.20. The third-order valence-electron chi connectivity index (χ3n) is 10.2. The van der Waals surface area contributed by atoms with Crippen molar-refractivity contribution in [3.05, 3.63) is 194 Å². The molecule has 0 radical (unpaired) electrons. The highest BCUT2D eigenvalue weighted by atomic mass is 16.3. The number of fused-ring (bicyclic) bond motifs is 6. The number of hydrogen-bond acceptors (Lipinski definition) is 2. The predicted octanol–water partition coefficient (Wildman–Crippen LogP) is 13.8. The average Bonchev–Trinajstić information content (AvgIpc) is 3.74. The van der Waals surface area contributed by atoms with Crippen LogP contribution in [0.4, 0.5) is 17.1 Å². The molecule has 3 nitrogen and oxygen atoms in total. The van der Waals surface area contributed by atoms with Crippen LogP contribution in [0, 0.1) is 6.92 Å². The smallest absolute Gasteiger partial charge is 0.159 e. The molecule has 2 aromatic heterocycles. The monoisotopic (exact) mass is 666 g/mol. The first-order valence-corrected chi connectivity index (χ1v) is 17.8. The molecule has 246 valence electrons. The number of hydrogen-bond donors (Lipinski definition) is 0. The highest BCUT2D eigenvalue weighted by Crippen LogP contribution is 2.42. The van der Waals surface area contributed by atoms with Crippen LogP contribution >= 0.6 is 0 Å². The van der Waals surface area contributed by atoms with Crippen molar-refractivity contribution in [3.63, 3.8) is 0 Å². The van der Waals surface area contributed by atoms with Gasteiger partial charge in [0.25, 0.3) is 0 Å². The Kier molecular flexibility index (Phi) is 7.04. The summed E-state index contributed by atoms with van der Waals surface area (Å²) >= 11 is 0. The van der Waals surface area contributed by atoms with Gasteiger partial charge in [-0.25, -0.2) is 0 Å². The quantitative estimate of drug-likeness (QED) is 0.176. The second-order valence-electron chi connectivity index (χ2n) is 13.5. The van der Waals surface area contributed by atoms with E-state index in [1.165, 1.54) is 49.6 Å². The van der Waals surface area contributed by atoms with E-state index >= 15 is 0 Å². The van der Waals surface area contributed by atoms with E-state index in [1.807, 2.05) is 0 Å². The van der Waals surface area contributed by atoms with Crippen LogP contribution in [0.5, 0.6) is 0 Å². The summed E-state index contributed by atoms with van der Waals surface area (Å²) in [7, 11) is 0. The molecular weight excluding hydrogens is 633 g/mol. The number of aryl methyl sites for hydroxylation is 1. The SMILES string of the molecule is Cc1cc(-n2c3ccccc3c3ccccc32)c2oc3cc(N(c4ccc(-c5ccccc5)cc4)c4ccc(-c5ccccc5)cc4)ccc3c2c1. The Morgan fingerprint density at radius 2 is 0.885 bits per heavy atom. The van der Waals surface area contributed by atoms with Crippen molar-refractivity contribution >= 4 is 60.8 Å². The minimum Gasteiger partial charge on any atom is -0.454 e. The molecule has 0 atom stereocenters. The highest BCUT2D eigenvalue weighted by molar-refractivity contribution is 6.13. The van der Waals surface area contributed by atoms with Gasteiger partial charge in [0.05, 0.1) is 16.7 Å². The molecule has 3 heteroatoms. The predicted molar refractivity (Wildman–Crippen MR) is 218 cm³/mol. The number of rotatable bonds is 6. The van der Waals surface area contributed by atoms with Gasteiger partial charge in [-0.15, -0.1) is 0 Å². The van der Waals surface area contributed by atoms with Crippen molar-refractivity contribution in [3.8, 4) is 27.9 Å². The van der Waals surface area contributed by atoms with Crippen LogP contribution in [0.25, 0.3) is 71.7 Å². The summed E-state index contributed by atoms with van der Waals surface area (Å²) in [5.74, 6) is 0. The molecule has 0 saturated heterocycles. The lowest BCUT2D eigenvalue weighted by molar-refractivity contribution is 0.666. The van der Waals surface area contributed by atoms with Crippen molar-refractivity contribution in [2.24, 2.45) is 0 Å². The minimum absolute atomic E-state index is 0.854. The van der Waals surface area contributed by atoms with Gasteiger partial charge < -0.3 is 13.9 Å². The fourth-order valence-corrected chi connectivity index (χ4v) is 7.79. The van der Waals surface area contributed by atoms with E-state index in [2.05, 4.69) is 204 Å². The molecule has 0 spiro atoms. The maximum atomic E-state index is 6.93. The lowest BCUT2D eigenvalue weighted by atomic mass is 10.0. The third kappa shape index (κ3) is 4.98. The summed E-state index contributed by atoms with van der Waals surface area (Å²) in [6.07, 6.45) is 0. The molecule has 0 N–H and O–H groups in total. The van der Waals surface area contributed by atoms with Gasteiger partial charge in [-0.2, -0.15) is 0 Å². The van der Waals surface area contributed by atoms with Gasteiger partial charge >= 0.3 is 0 Å². The van der Waals surface area contributed by atoms with Gasteiger partial charge in [0, 0.05) is 44.7 Å². The molecule has 0 fully saturated rings. The van der Waals surface area contributed by atoms with Crippen LogP contribution in [0.3, 0.4) is 0 Å². The van der Waals surface area contributed by atoms with E-state index in [0.717, 1.165) is 44.7 Å².